The maximum atomic E-state index is 11.3. The van der Waals surface area contributed by atoms with Crippen molar-refractivity contribution in [1.29, 1.82) is 0 Å². The standard InChI is InChI=1S/C10H12INO2/c1-2-14-10(13)9(12)7-4-3-5-8(11)6-7/h3-6,9H,2,12H2,1H3. The number of hydrogen-bond acceptors (Lipinski definition) is 3. The third kappa shape index (κ3) is 2.95. The van der Waals surface area contributed by atoms with Crippen LogP contribution in [0.3, 0.4) is 0 Å². The minimum Gasteiger partial charge on any atom is -0.465 e. The summed E-state index contributed by atoms with van der Waals surface area (Å²) in [6.07, 6.45) is 0. The molecule has 0 bridgehead atoms. The molecule has 0 radical (unpaired) electrons. The molecule has 0 aliphatic rings. The maximum absolute atomic E-state index is 11.3. The summed E-state index contributed by atoms with van der Waals surface area (Å²) in [6.45, 7) is 2.12. The highest BCUT2D eigenvalue weighted by atomic mass is 127. The van der Waals surface area contributed by atoms with Gasteiger partial charge in [0.25, 0.3) is 0 Å². The highest BCUT2D eigenvalue weighted by Gasteiger charge is 2.16. The van der Waals surface area contributed by atoms with Gasteiger partial charge in [0.15, 0.2) is 0 Å². The number of nitrogens with two attached hydrogens (primary N) is 1. The van der Waals surface area contributed by atoms with Gasteiger partial charge in [-0.25, -0.2) is 4.79 Å². The number of ether oxygens (including phenoxy) is 1. The first kappa shape index (κ1) is 11.5. The average molecular weight is 305 g/mol. The lowest BCUT2D eigenvalue weighted by atomic mass is 10.1. The predicted octanol–water partition coefficient (Wildman–Crippen LogP) is 1.85. The summed E-state index contributed by atoms with van der Waals surface area (Å²) in [5.41, 5.74) is 6.50. The quantitative estimate of drug-likeness (QED) is 0.685. The van der Waals surface area contributed by atoms with E-state index in [0.29, 0.717) is 6.61 Å². The van der Waals surface area contributed by atoms with Crippen LogP contribution in [0, 0.1) is 3.57 Å². The monoisotopic (exact) mass is 305 g/mol. The lowest BCUT2D eigenvalue weighted by Crippen LogP contribution is -2.23. The fraction of sp³-hybridized carbons (Fsp3) is 0.300. The number of hydrogen-bond donors (Lipinski definition) is 1. The Bertz CT molecular complexity index is 328. The van der Waals surface area contributed by atoms with Gasteiger partial charge < -0.3 is 10.5 Å². The minimum absolute atomic E-state index is 0.358. The van der Waals surface area contributed by atoms with Gasteiger partial charge in [0.05, 0.1) is 6.61 Å². The first-order chi connectivity index (χ1) is 6.65. The van der Waals surface area contributed by atoms with Crippen LogP contribution >= 0.6 is 22.6 Å². The second-order valence-electron chi connectivity index (χ2n) is 2.78. The van der Waals surface area contributed by atoms with E-state index in [1.165, 1.54) is 0 Å². The Morgan fingerprint density at radius 1 is 1.64 bits per heavy atom. The first-order valence-electron chi connectivity index (χ1n) is 4.33. The zero-order valence-corrected chi connectivity index (χ0v) is 10.0. The van der Waals surface area contributed by atoms with Gasteiger partial charge in [-0.3, -0.25) is 0 Å². The maximum Gasteiger partial charge on any atom is 0.327 e. The highest BCUT2D eigenvalue weighted by Crippen LogP contribution is 2.15. The summed E-state index contributed by atoms with van der Waals surface area (Å²) in [5.74, 6) is -0.380. The Balaban J connectivity index is 2.78. The number of carbonyl (C=O) groups is 1. The van der Waals surface area contributed by atoms with E-state index in [0.717, 1.165) is 9.13 Å². The first-order valence-corrected chi connectivity index (χ1v) is 5.40. The fourth-order valence-electron chi connectivity index (χ4n) is 1.07. The molecule has 0 aliphatic carbocycles. The van der Waals surface area contributed by atoms with Crippen molar-refractivity contribution < 1.29 is 9.53 Å². The van der Waals surface area contributed by atoms with Crippen LogP contribution in [0.1, 0.15) is 18.5 Å². The van der Waals surface area contributed by atoms with Crippen molar-refractivity contribution in [2.45, 2.75) is 13.0 Å². The SMILES string of the molecule is CCOC(=O)C(N)c1cccc(I)c1. The minimum atomic E-state index is -0.676. The number of carbonyl (C=O) groups excluding carboxylic acids is 1. The molecule has 1 aromatic rings. The van der Waals surface area contributed by atoms with Crippen molar-refractivity contribution in [2.24, 2.45) is 5.73 Å². The summed E-state index contributed by atoms with van der Waals surface area (Å²) >= 11 is 2.18. The number of rotatable bonds is 3. The van der Waals surface area contributed by atoms with Crippen LogP contribution in [-0.2, 0) is 9.53 Å². The number of benzene rings is 1. The van der Waals surface area contributed by atoms with Crippen LogP contribution in [0.4, 0.5) is 0 Å². The summed E-state index contributed by atoms with van der Waals surface area (Å²) in [5, 5.41) is 0. The molecule has 0 aromatic heterocycles. The zero-order chi connectivity index (χ0) is 10.6. The molecule has 1 atom stereocenters. The van der Waals surface area contributed by atoms with Crippen molar-refractivity contribution in [3.8, 4) is 0 Å². The molecule has 3 nitrogen and oxygen atoms in total. The molecule has 1 unspecified atom stereocenters. The molecule has 14 heavy (non-hydrogen) atoms. The van der Waals surface area contributed by atoms with Crippen LogP contribution in [0.5, 0.6) is 0 Å². The van der Waals surface area contributed by atoms with E-state index in [4.69, 9.17) is 10.5 Å². The predicted molar refractivity (Wildman–Crippen MR) is 62.7 cm³/mol. The Hall–Kier alpha value is -0.620. The van der Waals surface area contributed by atoms with Crippen LogP contribution in [0.25, 0.3) is 0 Å². The van der Waals surface area contributed by atoms with Crippen LogP contribution in [-0.4, -0.2) is 12.6 Å². The molecule has 0 fully saturated rings. The van der Waals surface area contributed by atoms with Gasteiger partial charge in [-0.1, -0.05) is 12.1 Å². The van der Waals surface area contributed by atoms with Crippen molar-refractivity contribution in [3.05, 3.63) is 33.4 Å². The number of halogens is 1. The second-order valence-corrected chi connectivity index (χ2v) is 4.03. The summed E-state index contributed by atoms with van der Waals surface area (Å²) in [6, 6.07) is 6.84. The topological polar surface area (TPSA) is 52.3 Å². The van der Waals surface area contributed by atoms with E-state index >= 15 is 0 Å². The highest BCUT2D eigenvalue weighted by molar-refractivity contribution is 14.1. The lowest BCUT2D eigenvalue weighted by Gasteiger charge is -2.10. The van der Waals surface area contributed by atoms with Crippen LogP contribution in [0.15, 0.2) is 24.3 Å². The molecular formula is C10H12INO2. The van der Waals surface area contributed by atoms with E-state index in [2.05, 4.69) is 22.6 Å². The summed E-state index contributed by atoms with van der Waals surface area (Å²) in [7, 11) is 0. The third-order valence-electron chi connectivity index (χ3n) is 1.75. The van der Waals surface area contributed by atoms with Gasteiger partial charge in [-0.15, -0.1) is 0 Å². The third-order valence-corrected chi connectivity index (χ3v) is 2.42. The fourth-order valence-corrected chi connectivity index (χ4v) is 1.64. The van der Waals surface area contributed by atoms with Crippen molar-refractivity contribution in [3.63, 3.8) is 0 Å². The molecule has 4 heteroatoms. The molecule has 0 heterocycles. The molecule has 1 aromatic carbocycles. The van der Waals surface area contributed by atoms with Gasteiger partial charge in [0, 0.05) is 3.57 Å². The Labute approximate surface area is 96.8 Å². The van der Waals surface area contributed by atoms with Gasteiger partial charge in [0.2, 0.25) is 0 Å². The van der Waals surface area contributed by atoms with Crippen molar-refractivity contribution in [1.82, 2.24) is 0 Å². The van der Waals surface area contributed by atoms with Gasteiger partial charge in [0.1, 0.15) is 6.04 Å². The molecule has 0 saturated carbocycles. The van der Waals surface area contributed by atoms with E-state index in [-0.39, 0.29) is 5.97 Å². The van der Waals surface area contributed by atoms with Crippen LogP contribution < -0.4 is 5.73 Å². The van der Waals surface area contributed by atoms with Gasteiger partial charge in [-0.2, -0.15) is 0 Å². The van der Waals surface area contributed by atoms with E-state index in [1.54, 1.807) is 6.92 Å². The van der Waals surface area contributed by atoms with Crippen molar-refractivity contribution >= 4 is 28.6 Å². The molecule has 2 N–H and O–H groups in total. The molecule has 1 rings (SSSR count). The Kier molecular flexibility index (Phi) is 4.34. The largest absolute Gasteiger partial charge is 0.465 e. The lowest BCUT2D eigenvalue weighted by molar-refractivity contribution is -0.144. The zero-order valence-electron chi connectivity index (χ0n) is 7.87. The molecule has 0 saturated heterocycles. The second kappa shape index (κ2) is 5.31. The summed E-state index contributed by atoms with van der Waals surface area (Å²) < 4.78 is 5.89. The molecule has 0 aliphatic heterocycles. The average Bonchev–Trinajstić information content (AvgIpc) is 2.17. The Morgan fingerprint density at radius 3 is 2.93 bits per heavy atom. The normalized spacial score (nSPS) is 12.2. The van der Waals surface area contributed by atoms with Gasteiger partial charge >= 0.3 is 5.97 Å². The smallest absolute Gasteiger partial charge is 0.327 e. The van der Waals surface area contributed by atoms with E-state index in [9.17, 15) is 4.79 Å². The van der Waals surface area contributed by atoms with E-state index in [1.807, 2.05) is 24.3 Å². The van der Waals surface area contributed by atoms with Crippen LogP contribution in [0.2, 0.25) is 0 Å². The summed E-state index contributed by atoms with van der Waals surface area (Å²) in [4.78, 5) is 11.3. The molecule has 0 spiro atoms. The molecule has 76 valence electrons. The van der Waals surface area contributed by atoms with E-state index < -0.39 is 6.04 Å². The molecule has 0 amide bonds. The van der Waals surface area contributed by atoms with Gasteiger partial charge in [-0.05, 0) is 47.2 Å². The Morgan fingerprint density at radius 2 is 2.36 bits per heavy atom. The number of esters is 1. The van der Waals surface area contributed by atoms with Crippen molar-refractivity contribution in [2.75, 3.05) is 6.61 Å². The molecular weight excluding hydrogens is 293 g/mol.